The average Bonchev–Trinajstić information content (AvgIpc) is 3.13. The molecule has 0 spiro atoms. The zero-order valence-electron chi connectivity index (χ0n) is 17.8. The highest BCUT2D eigenvalue weighted by Gasteiger charge is 2.33. The van der Waals surface area contributed by atoms with Crippen LogP contribution in [-0.4, -0.2) is 69.3 Å². The highest BCUT2D eigenvalue weighted by atomic mass is 32.2. The van der Waals surface area contributed by atoms with Crippen LogP contribution in [0.3, 0.4) is 0 Å². The van der Waals surface area contributed by atoms with E-state index in [0.29, 0.717) is 35.5 Å². The van der Waals surface area contributed by atoms with Gasteiger partial charge in [0.15, 0.2) is 5.65 Å². The number of hydrogen-bond acceptors (Lipinski definition) is 6. The molecule has 1 fully saturated rings. The minimum absolute atomic E-state index is 0.185. The van der Waals surface area contributed by atoms with Gasteiger partial charge < -0.3 is 4.90 Å². The predicted octanol–water partition coefficient (Wildman–Crippen LogP) is 2.04. The van der Waals surface area contributed by atoms with Gasteiger partial charge in [-0.25, -0.2) is 17.9 Å². The van der Waals surface area contributed by atoms with Crippen molar-refractivity contribution >= 4 is 32.5 Å². The summed E-state index contributed by atoms with van der Waals surface area (Å²) in [4.78, 5) is 23.7. The Morgan fingerprint density at radius 3 is 2.59 bits per heavy atom. The number of benzene rings is 1. The molecule has 0 radical (unpaired) electrons. The number of carbonyl (C=O) groups is 1. The highest BCUT2D eigenvalue weighted by Crippen LogP contribution is 2.26. The van der Waals surface area contributed by atoms with E-state index >= 15 is 0 Å². The lowest BCUT2D eigenvalue weighted by Crippen LogP contribution is -2.50. The molecule has 1 amide bonds. The molecule has 1 saturated heterocycles. The maximum absolute atomic E-state index is 13.4. The lowest BCUT2D eigenvalue weighted by Gasteiger charge is -2.34. The molecule has 1 aliphatic rings. The number of carbonyl (C=O) groups excluding carboxylic acids is 1. The second-order valence-corrected chi connectivity index (χ2v) is 9.79. The Morgan fingerprint density at radius 1 is 1.03 bits per heavy atom. The number of rotatable bonds is 3. The molecule has 3 aromatic heterocycles. The number of nitrogens with zero attached hydrogens (tertiary/aromatic N) is 6. The van der Waals surface area contributed by atoms with Crippen molar-refractivity contribution in [3.05, 3.63) is 65.7 Å². The molecule has 32 heavy (non-hydrogen) atoms. The van der Waals surface area contributed by atoms with Crippen molar-refractivity contribution in [2.45, 2.75) is 18.7 Å². The number of sulfonamides is 1. The van der Waals surface area contributed by atoms with E-state index in [0.717, 1.165) is 10.9 Å². The minimum Gasteiger partial charge on any atom is -0.336 e. The van der Waals surface area contributed by atoms with Gasteiger partial charge in [0.1, 0.15) is 10.5 Å². The Morgan fingerprint density at radius 2 is 1.81 bits per heavy atom. The lowest BCUT2D eigenvalue weighted by atomic mass is 10.2. The summed E-state index contributed by atoms with van der Waals surface area (Å²) < 4.78 is 29.8. The Kier molecular flexibility index (Phi) is 4.90. The van der Waals surface area contributed by atoms with Gasteiger partial charge in [0.25, 0.3) is 5.91 Å². The Balaban J connectivity index is 1.39. The second-order valence-electron chi connectivity index (χ2n) is 7.89. The van der Waals surface area contributed by atoms with Gasteiger partial charge in [-0.15, -0.1) is 0 Å². The molecule has 0 unspecified atom stereocenters. The van der Waals surface area contributed by atoms with Gasteiger partial charge in [-0.3, -0.25) is 9.78 Å². The van der Waals surface area contributed by atoms with Crippen LogP contribution >= 0.6 is 0 Å². The van der Waals surface area contributed by atoms with Crippen LogP contribution < -0.4 is 0 Å². The smallest absolute Gasteiger partial charge is 0.259 e. The van der Waals surface area contributed by atoms with Crippen LogP contribution in [0.4, 0.5) is 0 Å². The summed E-state index contributed by atoms with van der Waals surface area (Å²) in [6, 6.07) is 8.85. The molecule has 1 aliphatic heterocycles. The largest absolute Gasteiger partial charge is 0.336 e. The topological polar surface area (TPSA) is 101 Å². The number of fused-ring (bicyclic) bond motifs is 2. The maximum Gasteiger partial charge on any atom is 0.259 e. The van der Waals surface area contributed by atoms with E-state index in [1.54, 1.807) is 53.1 Å². The number of amides is 1. The molecular weight excluding hydrogens is 428 g/mol. The molecule has 0 N–H and O–H groups in total. The fraction of sp³-hybridized carbons (Fsp3) is 0.273. The lowest BCUT2D eigenvalue weighted by molar-refractivity contribution is 0.0699. The van der Waals surface area contributed by atoms with E-state index in [1.807, 2.05) is 19.1 Å². The molecule has 1 aromatic carbocycles. The van der Waals surface area contributed by atoms with Crippen molar-refractivity contribution in [3.63, 3.8) is 0 Å². The van der Waals surface area contributed by atoms with Gasteiger partial charge in [-0.05, 0) is 37.6 Å². The first-order valence-electron chi connectivity index (χ1n) is 10.3. The predicted molar refractivity (Wildman–Crippen MR) is 119 cm³/mol. The van der Waals surface area contributed by atoms with E-state index in [-0.39, 0.29) is 23.9 Å². The van der Waals surface area contributed by atoms with Crippen LogP contribution in [0.1, 0.15) is 21.6 Å². The third kappa shape index (κ3) is 3.32. The van der Waals surface area contributed by atoms with Gasteiger partial charge >= 0.3 is 0 Å². The normalized spacial score (nSPS) is 15.5. The van der Waals surface area contributed by atoms with Crippen molar-refractivity contribution in [2.75, 3.05) is 26.2 Å². The third-order valence-corrected chi connectivity index (χ3v) is 7.67. The van der Waals surface area contributed by atoms with E-state index in [9.17, 15) is 13.2 Å². The van der Waals surface area contributed by atoms with Gasteiger partial charge in [-0.2, -0.15) is 9.40 Å². The number of para-hydroxylation sites is 1. The second kappa shape index (κ2) is 7.64. The first kappa shape index (κ1) is 20.5. The Hall–Kier alpha value is -3.37. The number of aromatic nitrogens is 4. The van der Waals surface area contributed by atoms with Crippen LogP contribution in [-0.2, 0) is 10.0 Å². The van der Waals surface area contributed by atoms with E-state index in [1.165, 1.54) is 4.31 Å². The third-order valence-electron chi connectivity index (χ3n) is 5.74. The van der Waals surface area contributed by atoms with Crippen LogP contribution in [0.25, 0.3) is 16.6 Å². The van der Waals surface area contributed by atoms with E-state index < -0.39 is 10.0 Å². The molecule has 164 valence electrons. The van der Waals surface area contributed by atoms with Crippen LogP contribution in [0.15, 0.2) is 53.8 Å². The van der Waals surface area contributed by atoms with Crippen molar-refractivity contribution < 1.29 is 13.2 Å². The first-order valence-corrected chi connectivity index (χ1v) is 11.7. The van der Waals surface area contributed by atoms with Crippen LogP contribution in [0, 0.1) is 13.8 Å². The summed E-state index contributed by atoms with van der Waals surface area (Å²) in [7, 11) is -3.74. The van der Waals surface area contributed by atoms with E-state index in [4.69, 9.17) is 0 Å². The quantitative estimate of drug-likeness (QED) is 0.474. The number of aryl methyl sites for hydroxylation is 2. The van der Waals surface area contributed by atoms with Gasteiger partial charge in [0.05, 0.1) is 11.2 Å². The fourth-order valence-electron chi connectivity index (χ4n) is 4.13. The van der Waals surface area contributed by atoms with Crippen molar-refractivity contribution in [1.29, 1.82) is 0 Å². The molecule has 10 heteroatoms. The van der Waals surface area contributed by atoms with Gasteiger partial charge in [0, 0.05) is 50.2 Å². The summed E-state index contributed by atoms with van der Waals surface area (Å²) in [6.45, 7) is 4.70. The molecule has 0 aliphatic carbocycles. The minimum atomic E-state index is -3.74. The molecule has 5 rings (SSSR count). The van der Waals surface area contributed by atoms with Gasteiger partial charge in [0.2, 0.25) is 10.0 Å². The Bertz CT molecular complexity index is 1460. The van der Waals surface area contributed by atoms with Crippen molar-refractivity contribution in [2.24, 2.45) is 0 Å². The van der Waals surface area contributed by atoms with Gasteiger partial charge in [-0.1, -0.05) is 12.1 Å². The van der Waals surface area contributed by atoms with Crippen molar-refractivity contribution in [3.8, 4) is 0 Å². The number of piperazine rings is 1. The average molecular weight is 451 g/mol. The summed E-state index contributed by atoms with van der Waals surface area (Å²) in [5, 5.41) is 5.14. The molecular formula is C22H22N6O3S. The number of pyridine rings is 1. The molecule has 4 aromatic rings. The molecule has 4 heterocycles. The standard InChI is InChI=1S/C22H22N6O3S/c1-15-13-17-5-3-6-18(20(17)24-14-15)32(30,31)27-11-9-26(10-12-27)22(29)19-16(2)25-28-8-4-7-23-21(19)28/h3-8,13-14H,9-12H2,1-2H3. The van der Waals surface area contributed by atoms with E-state index in [2.05, 4.69) is 15.1 Å². The fourth-order valence-corrected chi connectivity index (χ4v) is 5.71. The molecule has 0 bridgehead atoms. The molecule has 0 atom stereocenters. The van der Waals surface area contributed by atoms with Crippen LogP contribution in [0.5, 0.6) is 0 Å². The Labute approximate surface area is 185 Å². The molecule has 9 nitrogen and oxygen atoms in total. The monoisotopic (exact) mass is 450 g/mol. The maximum atomic E-state index is 13.4. The highest BCUT2D eigenvalue weighted by molar-refractivity contribution is 7.89. The summed E-state index contributed by atoms with van der Waals surface area (Å²) in [5.41, 5.74) is 2.99. The SMILES string of the molecule is Cc1cnc2c(S(=O)(=O)N3CCN(C(=O)c4c(C)nn5cccnc45)CC3)cccc2c1. The summed E-state index contributed by atoms with van der Waals surface area (Å²) >= 11 is 0. The zero-order valence-corrected chi connectivity index (χ0v) is 18.6. The van der Waals surface area contributed by atoms with Crippen LogP contribution in [0.2, 0.25) is 0 Å². The summed E-state index contributed by atoms with van der Waals surface area (Å²) in [6.07, 6.45) is 5.04. The first-order chi connectivity index (χ1) is 15.4. The number of hydrogen-bond donors (Lipinski definition) is 0. The van der Waals surface area contributed by atoms with Crippen molar-refractivity contribution in [1.82, 2.24) is 28.8 Å². The summed E-state index contributed by atoms with van der Waals surface area (Å²) in [5.74, 6) is -0.185. The zero-order chi connectivity index (χ0) is 22.5. The molecule has 0 saturated carbocycles.